The summed E-state index contributed by atoms with van der Waals surface area (Å²) in [7, 11) is 0. The molecule has 1 amide bonds. The molecule has 0 radical (unpaired) electrons. The number of likely N-dealkylation sites (tertiary alicyclic amines) is 1. The SMILES string of the molecule is CC[C@H]1CN(CC(C)C)CCN1C(=O)[C@@H]1CCN(C(C)C)C1. The molecule has 0 aromatic heterocycles. The van der Waals surface area contributed by atoms with Crippen molar-refractivity contribution in [3.63, 3.8) is 0 Å². The van der Waals surface area contributed by atoms with E-state index in [0.29, 0.717) is 23.9 Å². The van der Waals surface area contributed by atoms with Gasteiger partial charge in [0.1, 0.15) is 0 Å². The van der Waals surface area contributed by atoms with E-state index in [-0.39, 0.29) is 5.92 Å². The zero-order valence-electron chi connectivity index (χ0n) is 15.2. The Morgan fingerprint density at radius 2 is 1.82 bits per heavy atom. The van der Waals surface area contributed by atoms with Crippen LogP contribution in [0.15, 0.2) is 0 Å². The maximum atomic E-state index is 12.9. The van der Waals surface area contributed by atoms with Gasteiger partial charge in [-0.25, -0.2) is 0 Å². The van der Waals surface area contributed by atoms with E-state index in [1.807, 2.05) is 0 Å². The van der Waals surface area contributed by atoms with Crippen LogP contribution in [0.3, 0.4) is 0 Å². The van der Waals surface area contributed by atoms with Crippen LogP contribution in [0.2, 0.25) is 0 Å². The molecule has 0 aromatic carbocycles. The second-order valence-corrected chi connectivity index (χ2v) is 7.82. The predicted molar refractivity (Wildman–Crippen MR) is 91.9 cm³/mol. The van der Waals surface area contributed by atoms with Crippen LogP contribution < -0.4 is 0 Å². The van der Waals surface area contributed by atoms with Gasteiger partial charge < -0.3 is 9.80 Å². The lowest BCUT2D eigenvalue weighted by Gasteiger charge is -2.42. The average molecular weight is 309 g/mol. The van der Waals surface area contributed by atoms with E-state index in [4.69, 9.17) is 0 Å². The van der Waals surface area contributed by atoms with Crippen molar-refractivity contribution < 1.29 is 4.79 Å². The van der Waals surface area contributed by atoms with E-state index in [2.05, 4.69) is 49.3 Å². The molecule has 0 spiro atoms. The van der Waals surface area contributed by atoms with Crippen molar-refractivity contribution in [1.29, 1.82) is 0 Å². The molecule has 2 aliphatic heterocycles. The minimum absolute atomic E-state index is 0.230. The summed E-state index contributed by atoms with van der Waals surface area (Å²) in [5, 5.41) is 0. The number of hydrogen-bond acceptors (Lipinski definition) is 3. The Bertz CT molecular complexity index is 369. The van der Waals surface area contributed by atoms with Gasteiger partial charge in [-0.2, -0.15) is 0 Å². The number of rotatable bonds is 5. The van der Waals surface area contributed by atoms with E-state index >= 15 is 0 Å². The summed E-state index contributed by atoms with van der Waals surface area (Å²) in [6.07, 6.45) is 2.11. The maximum absolute atomic E-state index is 12.9. The summed E-state index contributed by atoms with van der Waals surface area (Å²) in [5.41, 5.74) is 0. The van der Waals surface area contributed by atoms with Crippen LogP contribution in [0.25, 0.3) is 0 Å². The van der Waals surface area contributed by atoms with Gasteiger partial charge in [0.2, 0.25) is 5.91 Å². The molecule has 0 aromatic rings. The van der Waals surface area contributed by atoms with Crippen molar-refractivity contribution in [2.45, 2.75) is 59.5 Å². The van der Waals surface area contributed by atoms with Gasteiger partial charge in [0.05, 0.1) is 5.92 Å². The first kappa shape index (κ1) is 17.7. The number of amides is 1. The van der Waals surface area contributed by atoms with Crippen molar-refractivity contribution in [2.75, 3.05) is 39.3 Å². The van der Waals surface area contributed by atoms with Crippen molar-refractivity contribution in [3.05, 3.63) is 0 Å². The van der Waals surface area contributed by atoms with Gasteiger partial charge in [-0.05, 0) is 39.2 Å². The molecular formula is C18H35N3O. The molecule has 0 N–H and O–H groups in total. The third-order valence-electron chi connectivity index (χ3n) is 5.24. The van der Waals surface area contributed by atoms with E-state index in [9.17, 15) is 4.79 Å². The molecule has 2 fully saturated rings. The zero-order chi connectivity index (χ0) is 16.3. The van der Waals surface area contributed by atoms with Crippen molar-refractivity contribution in [2.24, 2.45) is 11.8 Å². The Morgan fingerprint density at radius 1 is 1.09 bits per heavy atom. The third-order valence-corrected chi connectivity index (χ3v) is 5.24. The molecular weight excluding hydrogens is 274 g/mol. The molecule has 0 saturated carbocycles. The average Bonchev–Trinajstić information content (AvgIpc) is 2.95. The highest BCUT2D eigenvalue weighted by atomic mass is 16.2. The first-order valence-corrected chi connectivity index (χ1v) is 9.19. The Balaban J connectivity index is 1.92. The molecule has 0 bridgehead atoms. The lowest BCUT2D eigenvalue weighted by atomic mass is 10.0. The first-order chi connectivity index (χ1) is 10.4. The fourth-order valence-corrected chi connectivity index (χ4v) is 3.93. The standard InChI is InChI=1S/C18H35N3O/c1-6-17-13-19(11-14(2)3)9-10-21(17)18(22)16-7-8-20(12-16)15(4)5/h14-17H,6-13H2,1-5H3/t16-,17+/m1/s1. The van der Waals surface area contributed by atoms with Gasteiger partial charge in [0.15, 0.2) is 0 Å². The van der Waals surface area contributed by atoms with Crippen LogP contribution >= 0.6 is 0 Å². The number of hydrogen-bond donors (Lipinski definition) is 0. The molecule has 2 heterocycles. The van der Waals surface area contributed by atoms with Crippen LogP contribution in [0.1, 0.15) is 47.5 Å². The second-order valence-electron chi connectivity index (χ2n) is 7.82. The molecule has 0 unspecified atom stereocenters. The molecule has 4 nitrogen and oxygen atoms in total. The largest absolute Gasteiger partial charge is 0.337 e. The summed E-state index contributed by atoms with van der Waals surface area (Å²) >= 11 is 0. The van der Waals surface area contributed by atoms with E-state index < -0.39 is 0 Å². The highest BCUT2D eigenvalue weighted by molar-refractivity contribution is 5.80. The quantitative estimate of drug-likeness (QED) is 0.779. The van der Waals surface area contributed by atoms with Gasteiger partial charge in [-0.1, -0.05) is 20.8 Å². The predicted octanol–water partition coefficient (Wildman–Crippen LogP) is 2.30. The summed E-state index contributed by atoms with van der Waals surface area (Å²) in [4.78, 5) is 20.1. The highest BCUT2D eigenvalue weighted by Gasteiger charge is 2.36. The smallest absolute Gasteiger partial charge is 0.227 e. The maximum Gasteiger partial charge on any atom is 0.227 e. The normalized spacial score (nSPS) is 28.0. The summed E-state index contributed by atoms with van der Waals surface area (Å²) < 4.78 is 0. The minimum atomic E-state index is 0.230. The number of carbonyl (C=O) groups excluding carboxylic acids is 1. The van der Waals surface area contributed by atoms with Crippen molar-refractivity contribution in [3.8, 4) is 0 Å². The number of piperazine rings is 1. The molecule has 22 heavy (non-hydrogen) atoms. The van der Waals surface area contributed by atoms with Gasteiger partial charge in [-0.15, -0.1) is 0 Å². The van der Waals surface area contributed by atoms with Gasteiger partial charge in [-0.3, -0.25) is 9.69 Å². The molecule has 4 heteroatoms. The summed E-state index contributed by atoms with van der Waals surface area (Å²) in [6, 6.07) is 0.968. The molecule has 128 valence electrons. The second kappa shape index (κ2) is 7.78. The van der Waals surface area contributed by atoms with Crippen LogP contribution in [0.4, 0.5) is 0 Å². The lowest BCUT2D eigenvalue weighted by molar-refractivity contribution is -0.140. The number of nitrogens with zero attached hydrogens (tertiary/aromatic N) is 3. The van der Waals surface area contributed by atoms with E-state index in [1.54, 1.807) is 0 Å². The Labute approximate surface area is 136 Å². The Morgan fingerprint density at radius 3 is 2.36 bits per heavy atom. The highest BCUT2D eigenvalue weighted by Crippen LogP contribution is 2.24. The minimum Gasteiger partial charge on any atom is -0.337 e. The molecule has 2 rings (SSSR count). The van der Waals surface area contributed by atoms with Gasteiger partial charge in [0.25, 0.3) is 0 Å². The molecule has 0 aliphatic carbocycles. The summed E-state index contributed by atoms with van der Waals surface area (Å²) in [6.45, 7) is 17.4. The molecule has 2 atom stereocenters. The van der Waals surface area contributed by atoms with E-state index in [1.165, 1.54) is 0 Å². The topological polar surface area (TPSA) is 26.8 Å². The number of carbonyl (C=O) groups is 1. The van der Waals surface area contributed by atoms with Crippen molar-refractivity contribution in [1.82, 2.24) is 14.7 Å². The third kappa shape index (κ3) is 4.23. The Kier molecular flexibility index (Phi) is 6.27. The van der Waals surface area contributed by atoms with Crippen LogP contribution in [0, 0.1) is 11.8 Å². The fraction of sp³-hybridized carbons (Fsp3) is 0.944. The van der Waals surface area contributed by atoms with Crippen LogP contribution in [-0.2, 0) is 4.79 Å². The zero-order valence-corrected chi connectivity index (χ0v) is 15.2. The fourth-order valence-electron chi connectivity index (χ4n) is 3.93. The monoisotopic (exact) mass is 309 g/mol. The van der Waals surface area contributed by atoms with E-state index in [0.717, 1.165) is 52.1 Å². The van der Waals surface area contributed by atoms with Crippen LogP contribution in [0.5, 0.6) is 0 Å². The Hall–Kier alpha value is -0.610. The molecule has 2 aliphatic rings. The first-order valence-electron chi connectivity index (χ1n) is 9.19. The summed E-state index contributed by atoms with van der Waals surface area (Å²) in [5.74, 6) is 1.35. The molecule has 2 saturated heterocycles. The lowest BCUT2D eigenvalue weighted by Crippen LogP contribution is -2.57. The van der Waals surface area contributed by atoms with Crippen LogP contribution in [-0.4, -0.2) is 72.0 Å². The van der Waals surface area contributed by atoms with Gasteiger partial charge in [0, 0.05) is 44.8 Å². The van der Waals surface area contributed by atoms with Gasteiger partial charge >= 0.3 is 0 Å². The van der Waals surface area contributed by atoms with Crippen molar-refractivity contribution >= 4 is 5.91 Å².